The first-order valence-corrected chi connectivity index (χ1v) is 8.59. The second-order valence-corrected chi connectivity index (χ2v) is 8.68. The fourth-order valence-electron chi connectivity index (χ4n) is 2.88. The van der Waals surface area contributed by atoms with Crippen LogP contribution in [0.3, 0.4) is 0 Å². The van der Waals surface area contributed by atoms with Crippen LogP contribution in [-0.4, -0.2) is 12.6 Å². The number of nitrogens with two attached hydrogens (primary N) is 1. The number of anilines is 1. The third-order valence-corrected chi connectivity index (χ3v) is 5.35. The number of esters is 1. The highest BCUT2D eigenvalue weighted by Crippen LogP contribution is 2.43. The van der Waals surface area contributed by atoms with Crippen LogP contribution in [0.1, 0.15) is 61.8 Å². The highest BCUT2D eigenvalue weighted by Gasteiger charge is 2.33. The van der Waals surface area contributed by atoms with E-state index in [1.807, 2.05) is 13.8 Å². The Morgan fingerprint density at radius 2 is 2.10 bits per heavy atom. The van der Waals surface area contributed by atoms with Crippen LogP contribution in [-0.2, 0) is 17.6 Å². The Labute approximate surface area is 131 Å². The van der Waals surface area contributed by atoms with Crippen molar-refractivity contribution in [1.82, 2.24) is 0 Å². The molecule has 0 saturated heterocycles. The number of carbonyl (C=O) groups excluding carboxylic acids is 1. The third kappa shape index (κ3) is 3.60. The lowest BCUT2D eigenvalue weighted by molar-refractivity contribution is 0.0459. The number of hydrogen-bond acceptors (Lipinski definition) is 4. The normalized spacial score (nSPS) is 18.7. The Kier molecular flexibility index (Phi) is 4.66. The van der Waals surface area contributed by atoms with Crippen LogP contribution in [0.5, 0.6) is 0 Å². The van der Waals surface area contributed by atoms with E-state index in [0.717, 1.165) is 24.8 Å². The lowest BCUT2D eigenvalue weighted by atomic mass is 9.72. The van der Waals surface area contributed by atoms with Gasteiger partial charge in [-0.1, -0.05) is 34.6 Å². The van der Waals surface area contributed by atoms with E-state index in [-0.39, 0.29) is 5.97 Å². The molecule has 1 aliphatic carbocycles. The molecule has 1 unspecified atom stereocenters. The van der Waals surface area contributed by atoms with Crippen molar-refractivity contribution in [2.24, 2.45) is 17.3 Å². The minimum absolute atomic E-state index is 0.243. The first-order valence-electron chi connectivity index (χ1n) is 7.77. The molecule has 1 atom stereocenters. The van der Waals surface area contributed by atoms with E-state index >= 15 is 0 Å². The second-order valence-electron chi connectivity index (χ2n) is 7.54. The van der Waals surface area contributed by atoms with Gasteiger partial charge in [0.2, 0.25) is 0 Å². The molecule has 0 amide bonds. The summed E-state index contributed by atoms with van der Waals surface area (Å²) in [5, 5.41) is 0.628. The Bertz CT molecular complexity index is 526. The molecular formula is C17H27NO2S. The molecule has 3 nitrogen and oxygen atoms in total. The number of fused-ring (bicyclic) bond motifs is 1. The van der Waals surface area contributed by atoms with Gasteiger partial charge in [0, 0.05) is 4.88 Å². The number of carbonyl (C=O) groups is 1. The fourth-order valence-corrected chi connectivity index (χ4v) is 4.07. The Hall–Kier alpha value is -1.03. The Balaban J connectivity index is 2.20. The molecule has 0 fully saturated rings. The maximum atomic E-state index is 12.3. The van der Waals surface area contributed by atoms with Crippen LogP contribution in [0.25, 0.3) is 0 Å². The standard InChI is InChI=1S/C17H27NO2S/c1-10(2)9-20-16(19)14-12-7-6-11(17(3,4)5)8-13(12)21-15(14)18/h10-11H,6-9,18H2,1-5H3. The first kappa shape index (κ1) is 16.3. The van der Waals surface area contributed by atoms with Gasteiger partial charge in [0.05, 0.1) is 12.2 Å². The highest BCUT2D eigenvalue weighted by atomic mass is 32.1. The van der Waals surface area contributed by atoms with Crippen LogP contribution in [0.15, 0.2) is 0 Å². The van der Waals surface area contributed by atoms with Crippen molar-refractivity contribution in [3.8, 4) is 0 Å². The van der Waals surface area contributed by atoms with E-state index in [0.29, 0.717) is 34.4 Å². The van der Waals surface area contributed by atoms with Gasteiger partial charge in [-0.3, -0.25) is 0 Å². The van der Waals surface area contributed by atoms with Gasteiger partial charge in [0.15, 0.2) is 0 Å². The van der Waals surface area contributed by atoms with Gasteiger partial charge < -0.3 is 10.5 Å². The van der Waals surface area contributed by atoms with Crippen LogP contribution in [0, 0.1) is 17.3 Å². The Morgan fingerprint density at radius 1 is 1.43 bits per heavy atom. The largest absolute Gasteiger partial charge is 0.462 e. The molecule has 0 radical (unpaired) electrons. The van der Waals surface area contributed by atoms with Crippen molar-refractivity contribution in [3.05, 3.63) is 16.0 Å². The van der Waals surface area contributed by atoms with Crippen LogP contribution < -0.4 is 5.73 Å². The highest BCUT2D eigenvalue weighted by molar-refractivity contribution is 7.16. The molecule has 1 aromatic rings. The number of rotatable bonds is 3. The van der Waals surface area contributed by atoms with Crippen LogP contribution >= 0.6 is 11.3 Å². The summed E-state index contributed by atoms with van der Waals surface area (Å²) in [7, 11) is 0. The summed E-state index contributed by atoms with van der Waals surface area (Å²) in [6.07, 6.45) is 3.10. The van der Waals surface area contributed by atoms with Gasteiger partial charge in [0.25, 0.3) is 0 Å². The lowest BCUT2D eigenvalue weighted by Gasteiger charge is -2.33. The molecule has 0 aliphatic heterocycles. The summed E-state index contributed by atoms with van der Waals surface area (Å²) in [5.74, 6) is 0.755. The summed E-state index contributed by atoms with van der Waals surface area (Å²) >= 11 is 1.58. The number of ether oxygens (including phenoxy) is 1. The molecule has 1 aromatic heterocycles. The average molecular weight is 309 g/mol. The van der Waals surface area contributed by atoms with Gasteiger partial charge in [-0.15, -0.1) is 11.3 Å². The maximum Gasteiger partial charge on any atom is 0.341 e. The van der Waals surface area contributed by atoms with Crippen molar-refractivity contribution in [3.63, 3.8) is 0 Å². The first-order chi connectivity index (χ1) is 9.70. The number of thiophene rings is 1. The zero-order valence-corrected chi connectivity index (χ0v) is 14.6. The van der Waals surface area contributed by atoms with E-state index in [1.54, 1.807) is 11.3 Å². The molecule has 1 aliphatic rings. The topological polar surface area (TPSA) is 52.3 Å². The average Bonchev–Trinajstić information content (AvgIpc) is 2.69. The van der Waals surface area contributed by atoms with Crippen LogP contribution in [0.2, 0.25) is 0 Å². The molecule has 118 valence electrons. The van der Waals surface area contributed by atoms with Crippen LogP contribution in [0.4, 0.5) is 5.00 Å². The maximum absolute atomic E-state index is 12.3. The van der Waals surface area contributed by atoms with E-state index in [1.165, 1.54) is 4.88 Å². The van der Waals surface area contributed by atoms with Crippen molar-refractivity contribution < 1.29 is 9.53 Å². The van der Waals surface area contributed by atoms with E-state index in [4.69, 9.17) is 10.5 Å². The van der Waals surface area contributed by atoms with Gasteiger partial charge in [-0.25, -0.2) is 4.79 Å². The summed E-state index contributed by atoms with van der Waals surface area (Å²) < 4.78 is 5.38. The van der Waals surface area contributed by atoms with Gasteiger partial charge in [-0.2, -0.15) is 0 Å². The molecule has 2 rings (SSSR count). The molecule has 0 bridgehead atoms. The van der Waals surface area contributed by atoms with Crippen molar-refractivity contribution in [2.75, 3.05) is 12.3 Å². The molecular weight excluding hydrogens is 282 g/mol. The molecule has 0 saturated carbocycles. The van der Waals surface area contributed by atoms with E-state index in [9.17, 15) is 4.79 Å². The molecule has 21 heavy (non-hydrogen) atoms. The Morgan fingerprint density at radius 3 is 2.67 bits per heavy atom. The zero-order chi connectivity index (χ0) is 15.8. The smallest absolute Gasteiger partial charge is 0.341 e. The van der Waals surface area contributed by atoms with Crippen molar-refractivity contribution >= 4 is 22.3 Å². The lowest BCUT2D eigenvalue weighted by Crippen LogP contribution is -2.26. The molecule has 4 heteroatoms. The minimum atomic E-state index is -0.243. The quantitative estimate of drug-likeness (QED) is 0.847. The molecule has 2 N–H and O–H groups in total. The minimum Gasteiger partial charge on any atom is -0.462 e. The summed E-state index contributed by atoms with van der Waals surface area (Å²) in [6, 6.07) is 0. The van der Waals surface area contributed by atoms with Gasteiger partial charge in [-0.05, 0) is 42.1 Å². The predicted molar refractivity (Wildman–Crippen MR) is 88.8 cm³/mol. The summed E-state index contributed by atoms with van der Waals surface area (Å²) in [5.41, 5.74) is 8.19. The summed E-state index contributed by atoms with van der Waals surface area (Å²) in [6.45, 7) is 11.4. The van der Waals surface area contributed by atoms with Crippen molar-refractivity contribution in [2.45, 2.75) is 53.9 Å². The summed E-state index contributed by atoms with van der Waals surface area (Å²) in [4.78, 5) is 13.6. The number of nitrogen functional groups attached to an aromatic ring is 1. The fraction of sp³-hybridized carbons (Fsp3) is 0.706. The van der Waals surface area contributed by atoms with E-state index in [2.05, 4.69) is 20.8 Å². The molecule has 0 spiro atoms. The third-order valence-electron chi connectivity index (χ3n) is 4.27. The number of hydrogen-bond donors (Lipinski definition) is 1. The SMILES string of the molecule is CC(C)COC(=O)c1c(N)sc2c1CCC(C(C)(C)C)C2. The molecule has 0 aromatic carbocycles. The zero-order valence-electron chi connectivity index (χ0n) is 13.8. The monoisotopic (exact) mass is 309 g/mol. The predicted octanol–water partition coefficient (Wildman–Crippen LogP) is 4.29. The van der Waals surface area contributed by atoms with Gasteiger partial charge >= 0.3 is 5.97 Å². The van der Waals surface area contributed by atoms with E-state index < -0.39 is 0 Å². The molecule has 1 heterocycles. The van der Waals surface area contributed by atoms with Crippen molar-refractivity contribution in [1.29, 1.82) is 0 Å². The van der Waals surface area contributed by atoms with Gasteiger partial charge in [0.1, 0.15) is 5.00 Å². The second kappa shape index (κ2) is 5.99.